The van der Waals surface area contributed by atoms with Crippen molar-refractivity contribution < 1.29 is 4.79 Å². The van der Waals surface area contributed by atoms with E-state index < -0.39 is 0 Å². The second-order valence-corrected chi connectivity index (χ2v) is 5.85. The molecule has 0 radical (unpaired) electrons. The van der Waals surface area contributed by atoms with Gasteiger partial charge in [0.1, 0.15) is 5.78 Å². The highest BCUT2D eigenvalue weighted by Gasteiger charge is 2.17. The lowest BCUT2D eigenvalue weighted by molar-refractivity contribution is -0.116. The van der Waals surface area contributed by atoms with Crippen LogP contribution in [0.5, 0.6) is 0 Å². The molecule has 0 aliphatic rings. The number of carbonyl (C=O) groups excluding carboxylic acids is 1. The fourth-order valence-electron chi connectivity index (χ4n) is 0.956. The molecule has 0 aliphatic heterocycles. The molecule has 70 valence electrons. The molecule has 1 nitrogen and oxygen atoms in total. The van der Waals surface area contributed by atoms with Crippen molar-refractivity contribution >= 4 is 66.9 Å². The summed E-state index contributed by atoms with van der Waals surface area (Å²) in [4.78, 5) is 11.0. The summed E-state index contributed by atoms with van der Waals surface area (Å²) in [5, 5.41) is 0. The summed E-state index contributed by atoms with van der Waals surface area (Å²) in [6, 6.07) is 6.01. The van der Waals surface area contributed by atoms with Crippen LogP contribution in [0.25, 0.3) is 0 Å². The molecule has 0 aliphatic carbocycles. The van der Waals surface area contributed by atoms with E-state index in [-0.39, 0.29) is 10.6 Å². The zero-order valence-corrected chi connectivity index (χ0v) is 12.8. The van der Waals surface area contributed by atoms with Crippen LogP contribution in [0, 0.1) is 7.14 Å². The van der Waals surface area contributed by atoms with Crippen LogP contribution >= 0.6 is 61.1 Å². The molecule has 0 N–H and O–H groups in total. The Kier molecular flexibility index (Phi) is 4.64. The van der Waals surface area contributed by atoms with Gasteiger partial charge < -0.3 is 0 Å². The van der Waals surface area contributed by atoms with Crippen LogP contribution in [-0.4, -0.2) is 5.78 Å². The first-order chi connectivity index (χ1) is 6.04. The predicted octanol–water partition coefficient (Wildman–Crippen LogP) is 3.92. The average molecular weight is 465 g/mol. The summed E-state index contributed by atoms with van der Waals surface area (Å²) < 4.78 is 2.25. The fourth-order valence-corrected chi connectivity index (χ4v) is 4.44. The second-order valence-electron chi connectivity index (χ2n) is 2.61. The third-order valence-corrected chi connectivity index (χ3v) is 4.59. The predicted molar refractivity (Wildman–Crippen MR) is 74.2 cm³/mol. The van der Waals surface area contributed by atoms with Crippen LogP contribution in [0.1, 0.15) is 17.3 Å². The minimum atomic E-state index is -0.174. The lowest BCUT2D eigenvalue weighted by Crippen LogP contribution is -2.05. The molecule has 0 bridgehead atoms. The van der Waals surface area contributed by atoms with Gasteiger partial charge in [0.15, 0.2) is 0 Å². The van der Waals surface area contributed by atoms with Gasteiger partial charge >= 0.3 is 0 Å². The SMILES string of the molecule is CC(=O)C(Br)c1c(I)cccc1I. The Morgan fingerprint density at radius 2 is 1.85 bits per heavy atom. The van der Waals surface area contributed by atoms with Gasteiger partial charge in [0.2, 0.25) is 0 Å². The Morgan fingerprint density at radius 1 is 1.38 bits per heavy atom. The van der Waals surface area contributed by atoms with Gasteiger partial charge in [0.05, 0.1) is 4.83 Å². The Morgan fingerprint density at radius 3 is 2.23 bits per heavy atom. The van der Waals surface area contributed by atoms with Gasteiger partial charge in [-0.15, -0.1) is 0 Å². The van der Waals surface area contributed by atoms with Crippen LogP contribution in [0.2, 0.25) is 0 Å². The number of rotatable bonds is 2. The summed E-state index contributed by atoms with van der Waals surface area (Å²) in [6.07, 6.45) is 0. The molecular formula is C9H7BrI2O. The van der Waals surface area contributed by atoms with Crippen molar-refractivity contribution in [3.05, 3.63) is 30.9 Å². The van der Waals surface area contributed by atoms with E-state index in [4.69, 9.17) is 0 Å². The second kappa shape index (κ2) is 5.06. The van der Waals surface area contributed by atoms with E-state index in [2.05, 4.69) is 61.1 Å². The van der Waals surface area contributed by atoms with Gasteiger partial charge in [-0.25, -0.2) is 0 Å². The Hall–Kier alpha value is 0.830. The van der Waals surface area contributed by atoms with Crippen molar-refractivity contribution in [2.24, 2.45) is 0 Å². The van der Waals surface area contributed by atoms with Gasteiger partial charge in [-0.1, -0.05) is 22.0 Å². The molecule has 0 fully saturated rings. The van der Waals surface area contributed by atoms with Crippen LogP contribution < -0.4 is 0 Å². The molecule has 1 aromatic rings. The highest BCUT2D eigenvalue weighted by molar-refractivity contribution is 14.1. The largest absolute Gasteiger partial charge is 0.298 e. The monoisotopic (exact) mass is 464 g/mol. The van der Waals surface area contributed by atoms with E-state index in [0.717, 1.165) is 12.7 Å². The molecule has 0 saturated heterocycles. The van der Waals surface area contributed by atoms with E-state index >= 15 is 0 Å². The van der Waals surface area contributed by atoms with Crippen LogP contribution in [-0.2, 0) is 4.79 Å². The first kappa shape index (κ1) is 11.9. The first-order valence-electron chi connectivity index (χ1n) is 3.62. The van der Waals surface area contributed by atoms with Crippen molar-refractivity contribution in [1.29, 1.82) is 0 Å². The van der Waals surface area contributed by atoms with Crippen molar-refractivity contribution in [3.63, 3.8) is 0 Å². The highest BCUT2D eigenvalue weighted by Crippen LogP contribution is 2.31. The number of carbonyl (C=O) groups is 1. The number of halogens is 3. The van der Waals surface area contributed by atoms with Crippen LogP contribution in [0.3, 0.4) is 0 Å². The molecule has 1 rings (SSSR count). The van der Waals surface area contributed by atoms with Crippen molar-refractivity contribution in [3.8, 4) is 0 Å². The number of Topliss-reactive ketones (excluding diaryl/α,β-unsaturated/α-hetero) is 1. The lowest BCUT2D eigenvalue weighted by atomic mass is 10.1. The van der Waals surface area contributed by atoms with E-state index in [1.54, 1.807) is 6.92 Å². The standard InChI is InChI=1S/C9H7BrI2O/c1-5(13)9(10)8-6(11)3-2-4-7(8)12/h2-4,9H,1H3. The van der Waals surface area contributed by atoms with Gasteiger partial charge in [-0.3, -0.25) is 4.79 Å². The van der Waals surface area contributed by atoms with Gasteiger partial charge in [-0.2, -0.15) is 0 Å². The van der Waals surface area contributed by atoms with Gasteiger partial charge in [0.25, 0.3) is 0 Å². The molecule has 0 spiro atoms. The van der Waals surface area contributed by atoms with Gasteiger partial charge in [-0.05, 0) is 69.8 Å². The smallest absolute Gasteiger partial charge is 0.147 e. The number of benzene rings is 1. The molecule has 4 heteroatoms. The number of ketones is 1. The highest BCUT2D eigenvalue weighted by atomic mass is 127. The third-order valence-electron chi connectivity index (χ3n) is 1.61. The molecule has 13 heavy (non-hydrogen) atoms. The summed E-state index contributed by atoms with van der Waals surface area (Å²) in [6.45, 7) is 1.60. The lowest BCUT2D eigenvalue weighted by Gasteiger charge is -2.10. The normalized spacial score (nSPS) is 12.6. The van der Waals surface area contributed by atoms with Crippen molar-refractivity contribution in [2.45, 2.75) is 11.8 Å². The summed E-state index contributed by atoms with van der Waals surface area (Å²) in [5.74, 6) is 0.141. The van der Waals surface area contributed by atoms with E-state index in [1.807, 2.05) is 18.2 Å². The molecule has 1 aromatic carbocycles. The Balaban J connectivity index is 3.20. The number of hydrogen-bond donors (Lipinski definition) is 0. The zero-order chi connectivity index (χ0) is 10.0. The molecular weight excluding hydrogens is 458 g/mol. The molecule has 0 heterocycles. The summed E-state index contributed by atoms with van der Waals surface area (Å²) >= 11 is 7.89. The quantitative estimate of drug-likeness (QED) is 0.479. The maximum atomic E-state index is 11.2. The number of hydrogen-bond acceptors (Lipinski definition) is 1. The summed E-state index contributed by atoms with van der Waals surface area (Å²) in [5.41, 5.74) is 1.08. The number of alkyl halides is 1. The molecule has 1 unspecified atom stereocenters. The van der Waals surface area contributed by atoms with Crippen molar-refractivity contribution in [2.75, 3.05) is 0 Å². The third kappa shape index (κ3) is 2.89. The van der Waals surface area contributed by atoms with E-state index in [9.17, 15) is 4.79 Å². The summed E-state index contributed by atoms with van der Waals surface area (Å²) in [7, 11) is 0. The topological polar surface area (TPSA) is 17.1 Å². The zero-order valence-electron chi connectivity index (χ0n) is 6.85. The van der Waals surface area contributed by atoms with Crippen LogP contribution in [0.15, 0.2) is 18.2 Å². The first-order valence-corrected chi connectivity index (χ1v) is 6.69. The maximum Gasteiger partial charge on any atom is 0.147 e. The Bertz CT molecular complexity index is 318. The molecule has 0 saturated carbocycles. The van der Waals surface area contributed by atoms with E-state index in [0.29, 0.717) is 0 Å². The molecule has 0 amide bonds. The average Bonchev–Trinajstić information content (AvgIpc) is 2.03. The van der Waals surface area contributed by atoms with Crippen LogP contribution in [0.4, 0.5) is 0 Å². The maximum absolute atomic E-state index is 11.2. The van der Waals surface area contributed by atoms with E-state index in [1.165, 1.54) is 0 Å². The molecule has 0 aromatic heterocycles. The Labute approximate surface area is 113 Å². The van der Waals surface area contributed by atoms with Crippen molar-refractivity contribution in [1.82, 2.24) is 0 Å². The fraction of sp³-hybridized carbons (Fsp3) is 0.222. The molecule has 1 atom stereocenters. The minimum absolute atomic E-state index is 0.141. The van der Waals surface area contributed by atoms with Gasteiger partial charge in [0, 0.05) is 7.14 Å². The minimum Gasteiger partial charge on any atom is -0.298 e.